The van der Waals surface area contributed by atoms with Gasteiger partial charge in [0.25, 0.3) is 6.47 Å². The molecule has 70 valence electrons. The minimum atomic E-state index is 0.154. The van der Waals surface area contributed by atoms with Gasteiger partial charge in [-0.15, -0.1) is 0 Å². The molecule has 0 aliphatic heterocycles. The molecule has 0 N–H and O–H groups in total. The normalized spacial score (nSPS) is 34.2. The van der Waals surface area contributed by atoms with Crippen molar-refractivity contribution in [3.63, 3.8) is 0 Å². The highest BCUT2D eigenvalue weighted by Gasteiger charge is 2.32. The van der Waals surface area contributed by atoms with Gasteiger partial charge in [0.2, 0.25) is 0 Å². The van der Waals surface area contributed by atoms with Gasteiger partial charge < -0.3 is 4.74 Å². The SMILES string of the molecule is CC1CC(OC=O)CC(C)(C)C1. The molecule has 0 spiro atoms. The molecule has 1 saturated carbocycles. The van der Waals surface area contributed by atoms with E-state index in [1.54, 1.807) is 0 Å². The first-order valence-corrected chi connectivity index (χ1v) is 4.62. The summed E-state index contributed by atoms with van der Waals surface area (Å²) in [5, 5.41) is 0. The fraction of sp³-hybridized carbons (Fsp3) is 0.900. The van der Waals surface area contributed by atoms with Gasteiger partial charge in [0.15, 0.2) is 0 Å². The minimum absolute atomic E-state index is 0.154. The lowest BCUT2D eigenvalue weighted by molar-refractivity contribution is -0.137. The van der Waals surface area contributed by atoms with Crippen LogP contribution in [0, 0.1) is 11.3 Å². The summed E-state index contributed by atoms with van der Waals surface area (Å²) in [6.07, 6.45) is 3.44. The predicted octanol–water partition coefficient (Wildman–Crippen LogP) is 2.37. The highest BCUT2D eigenvalue weighted by atomic mass is 16.5. The van der Waals surface area contributed by atoms with Crippen LogP contribution in [-0.2, 0) is 9.53 Å². The van der Waals surface area contributed by atoms with Gasteiger partial charge in [0.05, 0.1) is 0 Å². The molecule has 0 saturated heterocycles. The maximum atomic E-state index is 10.2. The second-order valence-corrected chi connectivity index (χ2v) is 4.77. The van der Waals surface area contributed by atoms with E-state index in [-0.39, 0.29) is 6.10 Å². The van der Waals surface area contributed by atoms with E-state index in [9.17, 15) is 4.79 Å². The molecule has 1 aliphatic rings. The van der Waals surface area contributed by atoms with Crippen LogP contribution in [0.25, 0.3) is 0 Å². The van der Waals surface area contributed by atoms with Crippen LogP contribution in [0.2, 0.25) is 0 Å². The fourth-order valence-electron chi connectivity index (χ4n) is 2.44. The largest absolute Gasteiger partial charge is 0.465 e. The van der Waals surface area contributed by atoms with Crippen LogP contribution in [0.3, 0.4) is 0 Å². The molecule has 2 atom stereocenters. The van der Waals surface area contributed by atoms with Crippen LogP contribution in [0.5, 0.6) is 0 Å². The molecule has 0 radical (unpaired) electrons. The molecular weight excluding hydrogens is 152 g/mol. The van der Waals surface area contributed by atoms with Crippen LogP contribution in [0.1, 0.15) is 40.0 Å². The first kappa shape index (κ1) is 9.56. The molecular formula is C10H18O2. The van der Waals surface area contributed by atoms with E-state index in [1.807, 2.05) is 0 Å². The molecule has 1 fully saturated rings. The topological polar surface area (TPSA) is 26.3 Å². The van der Waals surface area contributed by atoms with Crippen molar-refractivity contribution in [1.29, 1.82) is 0 Å². The summed E-state index contributed by atoms with van der Waals surface area (Å²) in [4.78, 5) is 10.2. The molecule has 12 heavy (non-hydrogen) atoms. The Morgan fingerprint density at radius 3 is 2.58 bits per heavy atom. The molecule has 1 aliphatic carbocycles. The third-order valence-electron chi connectivity index (χ3n) is 2.59. The van der Waals surface area contributed by atoms with Gasteiger partial charge in [0, 0.05) is 0 Å². The van der Waals surface area contributed by atoms with E-state index >= 15 is 0 Å². The number of hydrogen-bond acceptors (Lipinski definition) is 2. The zero-order valence-electron chi connectivity index (χ0n) is 8.17. The minimum Gasteiger partial charge on any atom is -0.465 e. The van der Waals surface area contributed by atoms with E-state index in [1.165, 1.54) is 6.42 Å². The lowest BCUT2D eigenvalue weighted by atomic mass is 9.71. The molecule has 2 nitrogen and oxygen atoms in total. The highest BCUT2D eigenvalue weighted by Crippen LogP contribution is 2.39. The van der Waals surface area contributed by atoms with Crippen molar-refractivity contribution in [1.82, 2.24) is 0 Å². The summed E-state index contributed by atoms with van der Waals surface area (Å²) in [6.45, 7) is 7.29. The molecule has 0 aromatic rings. The average molecular weight is 170 g/mol. The van der Waals surface area contributed by atoms with Gasteiger partial charge in [-0.1, -0.05) is 20.8 Å². The lowest BCUT2D eigenvalue weighted by Crippen LogP contribution is -2.32. The van der Waals surface area contributed by atoms with Crippen molar-refractivity contribution in [2.75, 3.05) is 0 Å². The molecule has 0 amide bonds. The Bertz CT molecular complexity index is 163. The second-order valence-electron chi connectivity index (χ2n) is 4.77. The van der Waals surface area contributed by atoms with E-state index in [4.69, 9.17) is 4.74 Å². The Balaban J connectivity index is 2.51. The molecule has 0 aromatic heterocycles. The smallest absolute Gasteiger partial charge is 0.293 e. The van der Waals surface area contributed by atoms with E-state index in [0.717, 1.165) is 12.8 Å². The Hall–Kier alpha value is -0.530. The Morgan fingerprint density at radius 2 is 2.08 bits per heavy atom. The molecule has 0 bridgehead atoms. The standard InChI is InChI=1S/C10H18O2/c1-8-4-9(12-7-11)6-10(2,3)5-8/h7-9H,4-6H2,1-3H3. The number of hydrogen-bond donors (Lipinski definition) is 0. The first-order chi connectivity index (χ1) is 5.53. The quantitative estimate of drug-likeness (QED) is 0.595. The van der Waals surface area contributed by atoms with Crippen molar-refractivity contribution >= 4 is 6.47 Å². The summed E-state index contributed by atoms with van der Waals surface area (Å²) in [7, 11) is 0. The Morgan fingerprint density at radius 1 is 1.42 bits per heavy atom. The third kappa shape index (κ3) is 2.50. The number of carbonyl (C=O) groups excluding carboxylic acids is 1. The molecule has 1 rings (SSSR count). The van der Waals surface area contributed by atoms with Crippen molar-refractivity contribution < 1.29 is 9.53 Å². The average Bonchev–Trinajstić information content (AvgIpc) is 1.82. The monoisotopic (exact) mass is 170 g/mol. The van der Waals surface area contributed by atoms with Crippen LogP contribution >= 0.6 is 0 Å². The van der Waals surface area contributed by atoms with Crippen LogP contribution < -0.4 is 0 Å². The molecule has 2 heteroatoms. The van der Waals surface area contributed by atoms with Gasteiger partial charge in [-0.25, -0.2) is 0 Å². The van der Waals surface area contributed by atoms with Gasteiger partial charge in [0.1, 0.15) is 6.10 Å². The Kier molecular flexibility index (Phi) is 2.76. The fourth-order valence-corrected chi connectivity index (χ4v) is 2.44. The van der Waals surface area contributed by atoms with Gasteiger partial charge in [-0.3, -0.25) is 4.79 Å². The lowest BCUT2D eigenvalue weighted by Gasteiger charge is -2.37. The Labute approximate surface area is 74.3 Å². The van der Waals surface area contributed by atoms with Crippen molar-refractivity contribution in [3.8, 4) is 0 Å². The van der Waals surface area contributed by atoms with Crippen LogP contribution in [0.15, 0.2) is 0 Å². The maximum absolute atomic E-state index is 10.2. The molecule has 0 aromatic carbocycles. The van der Waals surface area contributed by atoms with E-state index < -0.39 is 0 Å². The summed E-state index contributed by atoms with van der Waals surface area (Å²) in [5.74, 6) is 0.679. The van der Waals surface area contributed by atoms with Crippen molar-refractivity contribution in [2.24, 2.45) is 11.3 Å². The van der Waals surface area contributed by atoms with Crippen molar-refractivity contribution in [3.05, 3.63) is 0 Å². The highest BCUT2D eigenvalue weighted by molar-refractivity contribution is 5.37. The third-order valence-corrected chi connectivity index (χ3v) is 2.59. The zero-order valence-corrected chi connectivity index (χ0v) is 8.17. The first-order valence-electron chi connectivity index (χ1n) is 4.62. The predicted molar refractivity (Wildman–Crippen MR) is 47.7 cm³/mol. The number of rotatable bonds is 2. The summed E-state index contributed by atoms with van der Waals surface area (Å²) < 4.78 is 5.01. The van der Waals surface area contributed by atoms with Gasteiger partial charge >= 0.3 is 0 Å². The van der Waals surface area contributed by atoms with E-state index in [2.05, 4.69) is 20.8 Å². The molecule has 0 heterocycles. The second kappa shape index (κ2) is 3.46. The molecule has 2 unspecified atom stereocenters. The summed E-state index contributed by atoms with van der Waals surface area (Å²) >= 11 is 0. The number of ether oxygens (including phenoxy) is 1. The van der Waals surface area contributed by atoms with Gasteiger partial charge in [-0.2, -0.15) is 0 Å². The summed E-state index contributed by atoms with van der Waals surface area (Å²) in [5.41, 5.74) is 0.339. The van der Waals surface area contributed by atoms with Gasteiger partial charge in [-0.05, 0) is 30.6 Å². The summed E-state index contributed by atoms with van der Waals surface area (Å²) in [6, 6.07) is 0. The zero-order chi connectivity index (χ0) is 9.19. The van der Waals surface area contributed by atoms with Crippen molar-refractivity contribution in [2.45, 2.75) is 46.1 Å². The van der Waals surface area contributed by atoms with Crippen LogP contribution in [0.4, 0.5) is 0 Å². The number of carbonyl (C=O) groups is 1. The maximum Gasteiger partial charge on any atom is 0.293 e. The van der Waals surface area contributed by atoms with Crippen LogP contribution in [-0.4, -0.2) is 12.6 Å². The van der Waals surface area contributed by atoms with E-state index in [0.29, 0.717) is 17.8 Å².